The van der Waals surface area contributed by atoms with Crippen LogP contribution in [0.15, 0.2) is 0 Å². The fraction of sp³-hybridized carbons (Fsp3) is 0.500. The predicted octanol–water partition coefficient (Wildman–Crippen LogP) is -0.811. The van der Waals surface area contributed by atoms with Crippen LogP contribution in [0.2, 0.25) is 0 Å². The molecule has 0 spiro atoms. The average Bonchev–Trinajstić information content (AvgIpc) is 1.38. The zero-order chi connectivity index (χ0) is 4.28. The van der Waals surface area contributed by atoms with Crippen LogP contribution in [0.25, 0.3) is 0 Å². The topological polar surface area (TPSA) is 98.3 Å². The maximum atomic E-state index is 9.24. The average molecular weight is 157 g/mol. The van der Waals surface area contributed by atoms with Gasteiger partial charge in [0, 0.05) is 19.5 Å². The first-order valence-electron chi connectivity index (χ1n) is 1.19. The first kappa shape index (κ1) is 15.7. The summed E-state index contributed by atoms with van der Waals surface area (Å²) in [6.45, 7) is -0.278. The maximum absolute atomic E-state index is 9.24. The second-order valence-corrected chi connectivity index (χ2v) is 0.598. The molecular weight excluding hydrogens is 149 g/mol. The van der Waals surface area contributed by atoms with E-state index in [1.165, 1.54) is 0 Å². The van der Waals surface area contributed by atoms with Gasteiger partial charge in [-0.15, -0.1) is 0 Å². The van der Waals surface area contributed by atoms with Crippen LogP contribution in [0.5, 0.6) is 0 Å². The molecule has 7 heavy (non-hydrogen) atoms. The summed E-state index contributed by atoms with van der Waals surface area (Å²) in [4.78, 5) is 9.24. The van der Waals surface area contributed by atoms with Crippen molar-refractivity contribution in [2.75, 3.05) is 6.54 Å². The Kier molecular flexibility index (Phi) is 21.1. The van der Waals surface area contributed by atoms with Crippen molar-refractivity contribution in [3.63, 3.8) is 0 Å². The summed E-state index contributed by atoms with van der Waals surface area (Å²) >= 11 is 0. The summed E-state index contributed by atoms with van der Waals surface area (Å²) in [6.07, 6.45) is 0. The molecule has 0 unspecified atom stereocenters. The maximum Gasteiger partial charge on any atom is 0.317 e. The van der Waals surface area contributed by atoms with Gasteiger partial charge in [-0.1, -0.05) is 0 Å². The summed E-state index contributed by atoms with van der Waals surface area (Å²) in [5.41, 5.74) is 4.57. The Balaban J connectivity index is -0.0000000800. The number of rotatable bonds is 1. The number of carboxylic acid groups (broad SMARTS) is 1. The summed E-state index contributed by atoms with van der Waals surface area (Å²) in [7, 11) is 0. The van der Waals surface area contributed by atoms with E-state index in [4.69, 9.17) is 5.11 Å². The molecule has 0 aromatic rings. The monoisotopic (exact) mass is 156 g/mol. The number of carboxylic acids is 1. The van der Waals surface area contributed by atoms with Gasteiger partial charge in [-0.25, -0.2) is 0 Å². The van der Waals surface area contributed by atoms with Crippen LogP contribution in [0.4, 0.5) is 0 Å². The molecule has 0 aromatic heterocycles. The molecule has 0 aliphatic heterocycles. The van der Waals surface area contributed by atoms with Gasteiger partial charge < -0.3 is 17.0 Å². The summed E-state index contributed by atoms with van der Waals surface area (Å²) in [6, 6.07) is 0. The van der Waals surface area contributed by atoms with Crippen LogP contribution >= 0.6 is 0 Å². The van der Waals surface area contributed by atoms with Gasteiger partial charge in [-0.3, -0.25) is 4.79 Å². The Morgan fingerprint density at radius 3 is 1.86 bits per heavy atom. The van der Waals surface area contributed by atoms with Crippen molar-refractivity contribution in [3.05, 3.63) is 0 Å². The van der Waals surface area contributed by atoms with Crippen molar-refractivity contribution < 1.29 is 29.4 Å². The van der Waals surface area contributed by atoms with Gasteiger partial charge in [-0.05, 0) is 0 Å². The third-order valence-electron chi connectivity index (χ3n) is 0.175. The number of carbonyl (C=O) groups is 1. The molecule has 0 atom stereocenters. The standard InChI is InChI=1S/C2H5NO2.H3N.Zn/c3-1-2(4)5;;/h1,3H2,(H,4,5);1H3;. The third-order valence-corrected chi connectivity index (χ3v) is 0.175. The van der Waals surface area contributed by atoms with Gasteiger partial charge in [0.05, 0.1) is 6.54 Å². The van der Waals surface area contributed by atoms with E-state index in [0.29, 0.717) is 0 Å². The molecule has 0 aliphatic rings. The Morgan fingerprint density at radius 1 is 1.71 bits per heavy atom. The van der Waals surface area contributed by atoms with E-state index in [-0.39, 0.29) is 32.2 Å². The molecule has 0 fully saturated rings. The number of hydrogen-bond donors (Lipinski definition) is 3. The Morgan fingerprint density at radius 2 is 1.86 bits per heavy atom. The molecule has 0 heterocycles. The minimum Gasteiger partial charge on any atom is -0.480 e. The van der Waals surface area contributed by atoms with Gasteiger partial charge in [0.1, 0.15) is 0 Å². The first-order chi connectivity index (χ1) is 2.27. The van der Waals surface area contributed by atoms with Crippen LogP contribution in [-0.2, 0) is 24.3 Å². The fourth-order valence-electron chi connectivity index (χ4n) is 0. The Labute approximate surface area is 54.4 Å². The minimum absolute atomic E-state index is 0. The van der Waals surface area contributed by atoms with Crippen LogP contribution in [0.3, 0.4) is 0 Å². The molecule has 0 aromatic carbocycles. The normalized spacial score (nSPS) is 5.29. The first-order valence-corrected chi connectivity index (χ1v) is 1.19. The molecule has 4 nitrogen and oxygen atoms in total. The molecule has 40 valence electrons. The number of aliphatic carboxylic acids is 1. The smallest absolute Gasteiger partial charge is 0.317 e. The molecule has 6 N–H and O–H groups in total. The Bertz CT molecular complexity index is 49.0. The molecule has 0 bridgehead atoms. The number of nitrogens with two attached hydrogens (primary N) is 1. The van der Waals surface area contributed by atoms with E-state index in [1.807, 2.05) is 0 Å². The van der Waals surface area contributed by atoms with E-state index in [0.717, 1.165) is 0 Å². The van der Waals surface area contributed by atoms with Gasteiger partial charge in [-0.2, -0.15) is 0 Å². The zero-order valence-electron chi connectivity index (χ0n) is 4.05. The van der Waals surface area contributed by atoms with Crippen molar-refractivity contribution in [3.8, 4) is 0 Å². The van der Waals surface area contributed by atoms with E-state index in [9.17, 15) is 4.79 Å². The molecule has 0 radical (unpaired) electrons. The largest absolute Gasteiger partial charge is 0.480 e. The van der Waals surface area contributed by atoms with E-state index in [1.54, 1.807) is 0 Å². The Hall–Kier alpha value is 0.0134. The van der Waals surface area contributed by atoms with Crippen LogP contribution in [0.1, 0.15) is 0 Å². The second kappa shape index (κ2) is 9.38. The minimum atomic E-state index is -0.968. The molecule has 0 rings (SSSR count). The molecule has 0 saturated carbocycles. The van der Waals surface area contributed by atoms with Gasteiger partial charge in [0.15, 0.2) is 0 Å². The zero-order valence-corrected chi connectivity index (χ0v) is 7.02. The summed E-state index contributed by atoms with van der Waals surface area (Å²) < 4.78 is 0. The van der Waals surface area contributed by atoms with Crippen molar-refractivity contribution in [1.82, 2.24) is 6.15 Å². The van der Waals surface area contributed by atoms with Crippen LogP contribution in [-0.4, -0.2) is 17.6 Å². The van der Waals surface area contributed by atoms with Crippen LogP contribution < -0.4 is 11.9 Å². The van der Waals surface area contributed by atoms with Gasteiger partial charge in [0.2, 0.25) is 0 Å². The molecule has 5 heteroatoms. The quantitative estimate of drug-likeness (QED) is 0.434. The van der Waals surface area contributed by atoms with E-state index in [2.05, 4.69) is 5.73 Å². The summed E-state index contributed by atoms with van der Waals surface area (Å²) in [5, 5.41) is 7.60. The van der Waals surface area contributed by atoms with E-state index < -0.39 is 5.97 Å². The van der Waals surface area contributed by atoms with Gasteiger partial charge in [0.25, 0.3) is 0 Å². The fourth-order valence-corrected chi connectivity index (χ4v) is 0. The van der Waals surface area contributed by atoms with Crippen molar-refractivity contribution in [2.45, 2.75) is 0 Å². The molecule has 0 saturated heterocycles. The van der Waals surface area contributed by atoms with Crippen molar-refractivity contribution >= 4 is 5.97 Å². The second-order valence-electron chi connectivity index (χ2n) is 0.598. The van der Waals surface area contributed by atoms with Gasteiger partial charge >= 0.3 is 5.97 Å². The van der Waals surface area contributed by atoms with Crippen molar-refractivity contribution in [1.29, 1.82) is 0 Å². The molecule has 0 amide bonds. The van der Waals surface area contributed by atoms with Crippen LogP contribution in [0, 0.1) is 0 Å². The molecule has 0 aliphatic carbocycles. The predicted molar refractivity (Wildman–Crippen MR) is 21.7 cm³/mol. The van der Waals surface area contributed by atoms with Crippen molar-refractivity contribution in [2.24, 2.45) is 5.73 Å². The third kappa shape index (κ3) is 23.9. The number of hydrogen-bond acceptors (Lipinski definition) is 3. The molecular formula is C2H8N2O2Zn. The SMILES string of the molecule is N.NCC(=O)O.[Zn]. The van der Waals surface area contributed by atoms with E-state index >= 15 is 0 Å². The summed E-state index contributed by atoms with van der Waals surface area (Å²) in [5.74, 6) is -0.968.